The number of thiophene rings is 1. The molecule has 0 bridgehead atoms. The first kappa shape index (κ1) is 15.8. The Morgan fingerprint density at radius 1 is 1.32 bits per heavy atom. The van der Waals surface area contributed by atoms with E-state index >= 15 is 0 Å². The average Bonchev–Trinajstić information content (AvgIpc) is 2.91. The molecule has 7 heteroatoms. The Labute approximate surface area is 130 Å². The first-order chi connectivity index (χ1) is 10.6. The quantitative estimate of drug-likeness (QED) is 0.654. The molecular formula is C15H14FN3O2S. The molecule has 0 spiro atoms. The summed E-state index contributed by atoms with van der Waals surface area (Å²) < 4.78 is 13.4. The normalized spacial score (nSPS) is 10.6. The minimum absolute atomic E-state index is 0.104. The number of hydrogen-bond donors (Lipinski definition) is 2. The summed E-state index contributed by atoms with van der Waals surface area (Å²) in [4.78, 5) is 24.2. The summed E-state index contributed by atoms with van der Waals surface area (Å²) in [5.74, 6) is -1.77. The van der Waals surface area contributed by atoms with Crippen LogP contribution in [0.25, 0.3) is 0 Å². The number of nitrogens with one attached hydrogen (secondary N) is 2. The molecule has 0 fully saturated rings. The lowest BCUT2D eigenvalue weighted by Gasteiger charge is -2.04. The lowest BCUT2D eigenvalue weighted by atomic mass is 10.2. The molecule has 114 valence electrons. The van der Waals surface area contributed by atoms with Crippen molar-refractivity contribution in [2.45, 2.75) is 6.92 Å². The van der Waals surface area contributed by atoms with Gasteiger partial charge in [0.05, 0.1) is 18.3 Å². The number of carbonyl (C=O) groups excluding carboxylic acids is 2. The van der Waals surface area contributed by atoms with Gasteiger partial charge in [0, 0.05) is 4.88 Å². The van der Waals surface area contributed by atoms with Crippen LogP contribution < -0.4 is 10.7 Å². The summed E-state index contributed by atoms with van der Waals surface area (Å²) >= 11 is 1.51. The number of amides is 2. The zero-order valence-electron chi connectivity index (χ0n) is 11.8. The fourth-order valence-corrected chi connectivity index (χ4v) is 2.41. The van der Waals surface area contributed by atoms with Gasteiger partial charge in [0.1, 0.15) is 5.82 Å². The van der Waals surface area contributed by atoms with E-state index in [2.05, 4.69) is 15.8 Å². The predicted octanol–water partition coefficient (Wildman–Crippen LogP) is 2.08. The Balaban J connectivity index is 1.81. The van der Waals surface area contributed by atoms with Crippen molar-refractivity contribution in [3.63, 3.8) is 0 Å². The molecule has 0 radical (unpaired) electrons. The minimum atomic E-state index is -0.647. The summed E-state index contributed by atoms with van der Waals surface area (Å²) in [6, 6.07) is 7.51. The van der Waals surface area contributed by atoms with Gasteiger partial charge in [-0.3, -0.25) is 9.59 Å². The predicted molar refractivity (Wildman–Crippen MR) is 83.5 cm³/mol. The second kappa shape index (κ2) is 7.46. The van der Waals surface area contributed by atoms with Crippen LogP contribution >= 0.6 is 11.3 Å². The molecule has 0 saturated heterocycles. The van der Waals surface area contributed by atoms with Crippen LogP contribution in [0, 0.1) is 12.7 Å². The summed E-state index contributed by atoms with van der Waals surface area (Å²) in [5, 5.41) is 8.06. The largest absolute Gasteiger partial charge is 0.343 e. The van der Waals surface area contributed by atoms with Crippen molar-refractivity contribution in [3.8, 4) is 0 Å². The molecule has 0 saturated carbocycles. The molecule has 22 heavy (non-hydrogen) atoms. The van der Waals surface area contributed by atoms with Crippen molar-refractivity contribution >= 4 is 29.4 Å². The van der Waals surface area contributed by atoms with Crippen LogP contribution in [0.4, 0.5) is 4.39 Å². The van der Waals surface area contributed by atoms with Crippen molar-refractivity contribution in [1.29, 1.82) is 0 Å². The molecule has 0 atom stereocenters. The molecule has 2 amide bonds. The van der Waals surface area contributed by atoms with Gasteiger partial charge in [-0.2, -0.15) is 5.10 Å². The lowest BCUT2D eigenvalue weighted by Crippen LogP contribution is -2.35. The molecular weight excluding hydrogens is 305 g/mol. The Morgan fingerprint density at radius 2 is 2.09 bits per heavy atom. The van der Waals surface area contributed by atoms with E-state index in [0.29, 0.717) is 0 Å². The second-order valence-electron chi connectivity index (χ2n) is 4.42. The monoisotopic (exact) mass is 319 g/mol. The van der Waals surface area contributed by atoms with E-state index in [1.54, 1.807) is 6.07 Å². The van der Waals surface area contributed by atoms with Gasteiger partial charge in [0.15, 0.2) is 0 Å². The number of rotatable bonds is 5. The number of benzene rings is 1. The molecule has 0 aliphatic carbocycles. The highest BCUT2D eigenvalue weighted by Gasteiger charge is 2.11. The van der Waals surface area contributed by atoms with Gasteiger partial charge in [-0.1, -0.05) is 12.1 Å². The maximum Gasteiger partial charge on any atom is 0.259 e. The molecule has 1 aromatic heterocycles. The number of hydrogen-bond acceptors (Lipinski definition) is 4. The summed E-state index contributed by atoms with van der Waals surface area (Å²) in [7, 11) is 0. The first-order valence-corrected chi connectivity index (χ1v) is 7.34. The van der Waals surface area contributed by atoms with E-state index in [1.165, 1.54) is 35.8 Å². The third-order valence-electron chi connectivity index (χ3n) is 2.80. The SMILES string of the molecule is Cc1ccsc1/C=N/NC(=O)CNC(=O)c1ccccc1F. The van der Waals surface area contributed by atoms with Crippen LogP contribution in [0.3, 0.4) is 0 Å². The molecule has 1 heterocycles. The van der Waals surface area contributed by atoms with Crippen molar-refractivity contribution < 1.29 is 14.0 Å². The molecule has 0 aliphatic rings. The standard InChI is InChI=1S/C15H14FN3O2S/c1-10-6-7-22-13(10)8-18-19-14(20)9-17-15(21)11-4-2-3-5-12(11)16/h2-8H,9H2,1H3,(H,17,21)(H,19,20)/b18-8+. The summed E-state index contributed by atoms with van der Waals surface area (Å²) in [6.07, 6.45) is 1.54. The number of carbonyl (C=O) groups is 2. The van der Waals surface area contributed by atoms with Gasteiger partial charge in [0.25, 0.3) is 11.8 Å². The summed E-state index contributed by atoms with van der Waals surface area (Å²) in [5.41, 5.74) is 3.26. The Hall–Kier alpha value is -2.54. The highest BCUT2D eigenvalue weighted by atomic mass is 32.1. The zero-order valence-corrected chi connectivity index (χ0v) is 12.6. The van der Waals surface area contributed by atoms with E-state index in [1.807, 2.05) is 18.4 Å². The Kier molecular flexibility index (Phi) is 5.37. The molecule has 2 aromatic rings. The molecule has 1 aromatic carbocycles. The highest BCUT2D eigenvalue weighted by molar-refractivity contribution is 7.11. The Bertz CT molecular complexity index is 712. The third kappa shape index (κ3) is 4.23. The number of hydrazone groups is 1. The fourth-order valence-electron chi connectivity index (χ4n) is 1.62. The van der Waals surface area contributed by atoms with Crippen LogP contribution in [0.5, 0.6) is 0 Å². The van der Waals surface area contributed by atoms with Gasteiger partial charge in [-0.05, 0) is 36.1 Å². The first-order valence-electron chi connectivity index (χ1n) is 6.46. The summed E-state index contributed by atoms with van der Waals surface area (Å²) in [6.45, 7) is 1.65. The van der Waals surface area contributed by atoms with Gasteiger partial charge in [-0.25, -0.2) is 9.82 Å². The van der Waals surface area contributed by atoms with Crippen LogP contribution in [-0.2, 0) is 4.79 Å². The van der Waals surface area contributed by atoms with Crippen LogP contribution in [0.1, 0.15) is 20.8 Å². The smallest absolute Gasteiger partial charge is 0.259 e. The van der Waals surface area contributed by atoms with E-state index < -0.39 is 17.6 Å². The Morgan fingerprint density at radius 3 is 2.77 bits per heavy atom. The topological polar surface area (TPSA) is 70.6 Å². The van der Waals surface area contributed by atoms with Crippen LogP contribution in [0.2, 0.25) is 0 Å². The van der Waals surface area contributed by atoms with Gasteiger partial charge in [0.2, 0.25) is 0 Å². The van der Waals surface area contributed by atoms with Gasteiger partial charge in [-0.15, -0.1) is 11.3 Å². The van der Waals surface area contributed by atoms with Gasteiger partial charge >= 0.3 is 0 Å². The maximum atomic E-state index is 13.4. The average molecular weight is 319 g/mol. The van der Waals surface area contributed by atoms with E-state index in [0.717, 1.165) is 10.4 Å². The third-order valence-corrected chi connectivity index (χ3v) is 3.75. The van der Waals surface area contributed by atoms with Crippen molar-refractivity contribution in [2.24, 2.45) is 5.10 Å². The molecule has 0 unspecified atom stereocenters. The van der Waals surface area contributed by atoms with Crippen molar-refractivity contribution in [3.05, 3.63) is 57.5 Å². The number of nitrogens with zero attached hydrogens (tertiary/aromatic N) is 1. The second-order valence-corrected chi connectivity index (χ2v) is 5.37. The zero-order chi connectivity index (χ0) is 15.9. The van der Waals surface area contributed by atoms with E-state index in [4.69, 9.17) is 0 Å². The van der Waals surface area contributed by atoms with Crippen molar-refractivity contribution in [2.75, 3.05) is 6.54 Å². The molecule has 2 N–H and O–H groups in total. The van der Waals surface area contributed by atoms with E-state index in [-0.39, 0.29) is 12.1 Å². The van der Waals surface area contributed by atoms with Crippen LogP contribution in [-0.4, -0.2) is 24.6 Å². The van der Waals surface area contributed by atoms with E-state index in [9.17, 15) is 14.0 Å². The minimum Gasteiger partial charge on any atom is -0.343 e. The fraction of sp³-hybridized carbons (Fsp3) is 0.133. The highest BCUT2D eigenvalue weighted by Crippen LogP contribution is 2.12. The number of halogens is 1. The van der Waals surface area contributed by atoms with Crippen LogP contribution in [0.15, 0.2) is 40.8 Å². The molecule has 2 rings (SSSR count). The van der Waals surface area contributed by atoms with Gasteiger partial charge < -0.3 is 5.32 Å². The lowest BCUT2D eigenvalue weighted by molar-refractivity contribution is -0.120. The number of aryl methyl sites for hydroxylation is 1. The molecule has 0 aliphatic heterocycles. The van der Waals surface area contributed by atoms with Crippen molar-refractivity contribution in [1.82, 2.24) is 10.7 Å². The maximum absolute atomic E-state index is 13.4. The molecule has 5 nitrogen and oxygen atoms in total.